The minimum absolute atomic E-state index is 0.00895. The second-order valence-electron chi connectivity index (χ2n) is 9.89. The van der Waals surface area contributed by atoms with Crippen LogP contribution < -0.4 is 5.56 Å². The fourth-order valence-corrected chi connectivity index (χ4v) is 6.77. The van der Waals surface area contributed by atoms with E-state index in [-0.39, 0.29) is 10.8 Å². The van der Waals surface area contributed by atoms with Gasteiger partial charge >= 0.3 is 0 Å². The lowest BCUT2D eigenvalue weighted by Crippen LogP contribution is -2.34. The molecular formula is C30H31N3O4S. The Balaban J connectivity index is 1.65. The van der Waals surface area contributed by atoms with Crippen molar-refractivity contribution in [1.29, 1.82) is 0 Å². The first-order valence-corrected chi connectivity index (χ1v) is 14.5. The zero-order valence-corrected chi connectivity index (χ0v) is 22.4. The molecule has 0 spiro atoms. The molecule has 38 heavy (non-hydrogen) atoms. The summed E-state index contributed by atoms with van der Waals surface area (Å²) in [7, 11) is -4.36. The number of aryl methyl sites for hydroxylation is 1. The molecule has 1 saturated carbocycles. The van der Waals surface area contributed by atoms with Crippen LogP contribution in [0.3, 0.4) is 0 Å². The van der Waals surface area contributed by atoms with Crippen molar-refractivity contribution in [2.24, 2.45) is 0 Å². The summed E-state index contributed by atoms with van der Waals surface area (Å²) in [4.78, 5) is 21.9. The maximum absolute atomic E-state index is 14.1. The summed E-state index contributed by atoms with van der Waals surface area (Å²) in [6.07, 6.45) is 7.73. The van der Waals surface area contributed by atoms with Crippen LogP contribution in [0, 0.1) is 6.92 Å². The molecule has 1 N–H and O–H groups in total. The monoisotopic (exact) mass is 529 g/mol. The van der Waals surface area contributed by atoms with Gasteiger partial charge in [-0.2, -0.15) is 4.98 Å². The van der Waals surface area contributed by atoms with Crippen molar-refractivity contribution >= 4 is 9.84 Å². The molecule has 1 atom stereocenters. The third kappa shape index (κ3) is 4.76. The number of aromatic nitrogens is 3. The molecule has 2 aromatic carbocycles. The summed E-state index contributed by atoms with van der Waals surface area (Å²) in [6.45, 7) is 3.90. The van der Waals surface area contributed by atoms with Crippen molar-refractivity contribution in [1.82, 2.24) is 14.5 Å². The summed E-state index contributed by atoms with van der Waals surface area (Å²) >= 11 is 0. The summed E-state index contributed by atoms with van der Waals surface area (Å²) in [5.41, 5.74) is 2.80. The zero-order chi connectivity index (χ0) is 26.9. The van der Waals surface area contributed by atoms with E-state index in [1.165, 1.54) is 16.7 Å². The van der Waals surface area contributed by atoms with Crippen LogP contribution in [0.1, 0.15) is 67.9 Å². The maximum atomic E-state index is 14.1. The van der Waals surface area contributed by atoms with Crippen molar-refractivity contribution in [3.63, 3.8) is 0 Å². The highest BCUT2D eigenvalue weighted by molar-refractivity contribution is 7.91. The molecule has 1 fully saturated rings. The lowest BCUT2D eigenvalue weighted by molar-refractivity contribution is 0.399. The largest absolute Gasteiger partial charge is 0.492 e. The van der Waals surface area contributed by atoms with Crippen molar-refractivity contribution in [2.75, 3.05) is 0 Å². The van der Waals surface area contributed by atoms with E-state index in [1.54, 1.807) is 24.5 Å². The molecule has 0 amide bonds. The van der Waals surface area contributed by atoms with Gasteiger partial charge in [0, 0.05) is 23.9 Å². The Morgan fingerprint density at radius 1 is 1.00 bits per heavy atom. The molecule has 2 aromatic heterocycles. The minimum atomic E-state index is -4.36. The second kappa shape index (κ2) is 10.5. The standard InChI is InChI=1S/C30H31N3O4S/c1-3-26(22-9-5-4-6-10-22)33-28(23-11-7-8-12-23)32-29(34)27(30(33)35)38(36,37)25-15-13-21(14-16-25)24-17-20(2)18-31-19-24/h4-6,9-10,13-19,23,26,34H,3,7-8,11-12H2,1-2H3. The van der Waals surface area contributed by atoms with Crippen LogP contribution in [0.5, 0.6) is 5.88 Å². The normalized spacial score (nSPS) is 15.0. The fraction of sp³-hybridized carbons (Fsp3) is 0.300. The first-order chi connectivity index (χ1) is 18.3. The van der Waals surface area contributed by atoms with Gasteiger partial charge in [0.25, 0.3) is 5.56 Å². The van der Waals surface area contributed by atoms with Gasteiger partial charge in [-0.05, 0) is 61.1 Å². The topological polar surface area (TPSA) is 102 Å². The van der Waals surface area contributed by atoms with E-state index in [4.69, 9.17) is 0 Å². The molecule has 0 bridgehead atoms. The molecule has 2 heterocycles. The van der Waals surface area contributed by atoms with Gasteiger partial charge < -0.3 is 5.11 Å². The van der Waals surface area contributed by atoms with Gasteiger partial charge in [-0.1, -0.05) is 62.2 Å². The summed E-state index contributed by atoms with van der Waals surface area (Å²) in [5.74, 6) is -0.282. The Bertz CT molecular complexity index is 1610. The predicted molar refractivity (Wildman–Crippen MR) is 146 cm³/mol. The lowest BCUT2D eigenvalue weighted by Gasteiger charge is -2.25. The number of rotatable bonds is 7. The summed E-state index contributed by atoms with van der Waals surface area (Å²) in [5, 5.41) is 10.9. The van der Waals surface area contributed by atoms with Gasteiger partial charge in [-0.25, -0.2) is 8.42 Å². The van der Waals surface area contributed by atoms with Crippen LogP contribution in [-0.4, -0.2) is 28.1 Å². The molecule has 0 aliphatic heterocycles. The Morgan fingerprint density at radius 3 is 2.32 bits per heavy atom. The molecule has 1 aliphatic rings. The highest BCUT2D eigenvalue weighted by Crippen LogP contribution is 2.37. The summed E-state index contributed by atoms with van der Waals surface area (Å²) in [6, 6.07) is 17.4. The van der Waals surface area contributed by atoms with E-state index < -0.39 is 32.2 Å². The van der Waals surface area contributed by atoms with Gasteiger partial charge in [0.1, 0.15) is 5.82 Å². The van der Waals surface area contributed by atoms with E-state index in [2.05, 4.69) is 9.97 Å². The van der Waals surface area contributed by atoms with Crippen molar-refractivity contribution in [3.05, 3.63) is 100 Å². The number of hydrogen-bond acceptors (Lipinski definition) is 6. The quantitative estimate of drug-likeness (QED) is 0.324. The fourth-order valence-electron chi connectivity index (χ4n) is 5.43. The van der Waals surface area contributed by atoms with E-state index in [0.717, 1.165) is 47.9 Å². The molecule has 7 nitrogen and oxygen atoms in total. The molecule has 4 aromatic rings. The van der Waals surface area contributed by atoms with Crippen LogP contribution in [0.25, 0.3) is 11.1 Å². The van der Waals surface area contributed by atoms with Crippen LogP contribution in [0.4, 0.5) is 0 Å². The molecule has 1 unspecified atom stereocenters. The average Bonchev–Trinajstić information content (AvgIpc) is 3.46. The third-order valence-electron chi connectivity index (χ3n) is 7.33. The molecule has 0 radical (unpaired) electrons. The highest BCUT2D eigenvalue weighted by Gasteiger charge is 2.34. The highest BCUT2D eigenvalue weighted by atomic mass is 32.2. The Morgan fingerprint density at radius 2 is 1.68 bits per heavy atom. The zero-order valence-electron chi connectivity index (χ0n) is 21.5. The SMILES string of the molecule is CCC(c1ccccc1)n1c(C2CCCC2)nc(O)c(S(=O)(=O)c2ccc(-c3cncc(C)c3)cc2)c1=O. The van der Waals surface area contributed by atoms with Gasteiger partial charge in [-0.3, -0.25) is 14.3 Å². The van der Waals surface area contributed by atoms with Crippen molar-refractivity contribution < 1.29 is 13.5 Å². The van der Waals surface area contributed by atoms with Crippen LogP contribution >= 0.6 is 0 Å². The average molecular weight is 530 g/mol. The predicted octanol–water partition coefficient (Wildman–Crippen LogP) is 5.81. The number of pyridine rings is 1. The smallest absolute Gasteiger partial charge is 0.277 e. The van der Waals surface area contributed by atoms with E-state index >= 15 is 0 Å². The minimum Gasteiger partial charge on any atom is -0.492 e. The van der Waals surface area contributed by atoms with Gasteiger partial charge in [-0.15, -0.1) is 0 Å². The first-order valence-electron chi connectivity index (χ1n) is 13.0. The number of sulfone groups is 1. The van der Waals surface area contributed by atoms with Crippen molar-refractivity contribution in [3.8, 4) is 17.0 Å². The molecule has 0 saturated heterocycles. The summed E-state index contributed by atoms with van der Waals surface area (Å²) < 4.78 is 29.1. The van der Waals surface area contributed by atoms with Gasteiger partial charge in [0.05, 0.1) is 10.9 Å². The Labute approximate surface area is 222 Å². The van der Waals surface area contributed by atoms with E-state index in [1.807, 2.05) is 50.2 Å². The number of nitrogens with zero attached hydrogens (tertiary/aromatic N) is 3. The maximum Gasteiger partial charge on any atom is 0.277 e. The van der Waals surface area contributed by atoms with Gasteiger partial charge in [0.2, 0.25) is 15.7 Å². The van der Waals surface area contributed by atoms with Crippen molar-refractivity contribution in [2.45, 2.75) is 67.7 Å². The number of hydrogen-bond donors (Lipinski definition) is 1. The number of aromatic hydroxyl groups is 1. The Kier molecular flexibility index (Phi) is 7.17. The first kappa shape index (κ1) is 25.9. The van der Waals surface area contributed by atoms with Crippen LogP contribution in [0.2, 0.25) is 0 Å². The van der Waals surface area contributed by atoms with E-state index in [0.29, 0.717) is 12.2 Å². The third-order valence-corrected chi connectivity index (χ3v) is 9.12. The van der Waals surface area contributed by atoms with E-state index in [9.17, 15) is 18.3 Å². The van der Waals surface area contributed by atoms with Gasteiger partial charge in [0.15, 0.2) is 4.90 Å². The molecule has 196 valence electrons. The number of benzene rings is 2. The van der Waals surface area contributed by atoms with Crippen LogP contribution in [-0.2, 0) is 9.84 Å². The molecular weight excluding hydrogens is 498 g/mol. The molecule has 8 heteroatoms. The lowest BCUT2D eigenvalue weighted by atomic mass is 10.0. The van der Waals surface area contributed by atoms with Crippen LogP contribution in [0.15, 0.2) is 87.6 Å². The second-order valence-corrected chi connectivity index (χ2v) is 11.8. The Hall–Kier alpha value is -3.78. The molecule has 1 aliphatic carbocycles. The molecule has 5 rings (SSSR count).